The van der Waals surface area contributed by atoms with Crippen molar-refractivity contribution < 1.29 is 14.3 Å². The Bertz CT molecular complexity index is 247. The lowest BCUT2D eigenvalue weighted by Crippen LogP contribution is -2.33. The average molecular weight is 244 g/mol. The fourth-order valence-electron chi connectivity index (χ4n) is 1.11. The molecule has 2 amide bonds. The zero-order valence-electron chi connectivity index (χ0n) is 11.3. The van der Waals surface area contributed by atoms with Crippen LogP contribution in [0.5, 0.6) is 0 Å². The molecular formula is C12H24N2O3. The smallest absolute Gasteiger partial charge is 0.407 e. The predicted molar refractivity (Wildman–Crippen MR) is 66.8 cm³/mol. The van der Waals surface area contributed by atoms with Gasteiger partial charge in [0, 0.05) is 19.5 Å². The number of hydrogen-bond acceptors (Lipinski definition) is 3. The van der Waals surface area contributed by atoms with Crippen LogP contribution in [0.3, 0.4) is 0 Å². The largest absolute Gasteiger partial charge is 0.444 e. The first-order valence-electron chi connectivity index (χ1n) is 6.08. The van der Waals surface area contributed by atoms with Crippen molar-refractivity contribution in [3.05, 3.63) is 0 Å². The van der Waals surface area contributed by atoms with Crippen molar-refractivity contribution in [3.63, 3.8) is 0 Å². The maximum absolute atomic E-state index is 11.2. The van der Waals surface area contributed by atoms with Crippen LogP contribution in [0.25, 0.3) is 0 Å². The van der Waals surface area contributed by atoms with Gasteiger partial charge in [-0.05, 0) is 33.6 Å². The fraction of sp³-hybridized carbons (Fsp3) is 0.833. The lowest BCUT2D eigenvalue weighted by atomic mass is 10.2. The van der Waals surface area contributed by atoms with E-state index >= 15 is 0 Å². The molecule has 0 unspecified atom stereocenters. The van der Waals surface area contributed by atoms with Gasteiger partial charge in [-0.1, -0.05) is 6.92 Å². The van der Waals surface area contributed by atoms with E-state index in [2.05, 4.69) is 10.6 Å². The first-order valence-corrected chi connectivity index (χ1v) is 6.08. The third kappa shape index (κ3) is 11.0. The Morgan fingerprint density at radius 1 is 1.12 bits per heavy atom. The second-order valence-corrected chi connectivity index (χ2v) is 4.88. The van der Waals surface area contributed by atoms with Crippen LogP contribution in [0, 0.1) is 0 Å². The Hall–Kier alpha value is -1.26. The van der Waals surface area contributed by atoms with Crippen molar-refractivity contribution in [2.45, 2.75) is 52.6 Å². The summed E-state index contributed by atoms with van der Waals surface area (Å²) in [4.78, 5) is 22.5. The summed E-state index contributed by atoms with van der Waals surface area (Å²) in [6.45, 7) is 8.59. The van der Waals surface area contributed by atoms with Gasteiger partial charge in [0.25, 0.3) is 0 Å². The van der Waals surface area contributed by atoms with Gasteiger partial charge in [0.1, 0.15) is 5.60 Å². The van der Waals surface area contributed by atoms with Gasteiger partial charge in [0.05, 0.1) is 0 Å². The highest BCUT2D eigenvalue weighted by molar-refractivity contribution is 5.75. The molecule has 100 valence electrons. The summed E-state index contributed by atoms with van der Waals surface area (Å²) in [7, 11) is 0. The fourth-order valence-corrected chi connectivity index (χ4v) is 1.11. The van der Waals surface area contributed by atoms with E-state index in [1.54, 1.807) is 0 Å². The van der Waals surface area contributed by atoms with Crippen molar-refractivity contribution in [1.82, 2.24) is 10.6 Å². The molecule has 0 rings (SSSR count). The molecule has 0 fully saturated rings. The molecule has 0 aliphatic rings. The molecule has 17 heavy (non-hydrogen) atoms. The molecule has 0 aromatic carbocycles. The monoisotopic (exact) mass is 244 g/mol. The third-order valence-electron chi connectivity index (χ3n) is 1.82. The van der Waals surface area contributed by atoms with Gasteiger partial charge in [0.2, 0.25) is 5.91 Å². The number of alkyl carbamates (subject to hydrolysis) is 1. The van der Waals surface area contributed by atoms with E-state index in [-0.39, 0.29) is 5.91 Å². The summed E-state index contributed by atoms with van der Waals surface area (Å²) >= 11 is 0. The number of nitrogens with one attached hydrogen (secondary N) is 2. The molecule has 5 heteroatoms. The van der Waals surface area contributed by atoms with Gasteiger partial charge in [-0.2, -0.15) is 0 Å². The molecular weight excluding hydrogens is 220 g/mol. The predicted octanol–water partition coefficient (Wildman–Crippen LogP) is 1.82. The van der Waals surface area contributed by atoms with Crippen molar-refractivity contribution in [2.75, 3.05) is 13.1 Å². The normalized spacial score (nSPS) is 10.8. The lowest BCUT2D eigenvalue weighted by Gasteiger charge is -2.19. The van der Waals surface area contributed by atoms with E-state index in [4.69, 9.17) is 4.74 Å². The highest BCUT2D eigenvalue weighted by Gasteiger charge is 2.15. The third-order valence-corrected chi connectivity index (χ3v) is 1.82. The van der Waals surface area contributed by atoms with Gasteiger partial charge in [-0.25, -0.2) is 4.79 Å². The van der Waals surface area contributed by atoms with Crippen LogP contribution in [-0.2, 0) is 9.53 Å². The number of ether oxygens (including phenoxy) is 1. The Labute approximate surface area is 103 Å². The molecule has 0 saturated heterocycles. The summed E-state index contributed by atoms with van der Waals surface area (Å²) in [5, 5.41) is 5.39. The highest BCUT2D eigenvalue weighted by atomic mass is 16.6. The quantitative estimate of drug-likeness (QED) is 0.700. The van der Waals surface area contributed by atoms with Crippen molar-refractivity contribution in [3.8, 4) is 0 Å². The molecule has 0 aliphatic carbocycles. The van der Waals surface area contributed by atoms with E-state index < -0.39 is 11.7 Å². The summed E-state index contributed by atoms with van der Waals surface area (Å²) in [5.74, 6) is 0.0258. The maximum Gasteiger partial charge on any atom is 0.407 e. The van der Waals surface area contributed by atoms with Crippen molar-refractivity contribution >= 4 is 12.0 Å². The average Bonchev–Trinajstić information content (AvgIpc) is 2.19. The van der Waals surface area contributed by atoms with Crippen LogP contribution >= 0.6 is 0 Å². The Morgan fingerprint density at radius 2 is 1.76 bits per heavy atom. The minimum atomic E-state index is -0.484. The topological polar surface area (TPSA) is 67.4 Å². The van der Waals surface area contributed by atoms with Crippen LogP contribution < -0.4 is 10.6 Å². The molecule has 2 N–H and O–H groups in total. The minimum absolute atomic E-state index is 0.0258. The summed E-state index contributed by atoms with van der Waals surface area (Å²) < 4.78 is 5.06. The standard InChI is InChI=1S/C12H24N2O3/c1-5-8-13-10(15)7-6-9-14-11(16)17-12(2,3)4/h5-9H2,1-4H3,(H,13,15)(H,14,16). The molecule has 0 spiro atoms. The van der Waals surface area contributed by atoms with Gasteiger partial charge >= 0.3 is 6.09 Å². The number of carbonyl (C=O) groups is 2. The van der Waals surface area contributed by atoms with Gasteiger partial charge in [0.15, 0.2) is 0 Å². The summed E-state index contributed by atoms with van der Waals surface area (Å²) in [6, 6.07) is 0. The molecule has 0 heterocycles. The number of carbonyl (C=O) groups excluding carboxylic acids is 2. The Morgan fingerprint density at radius 3 is 2.29 bits per heavy atom. The van der Waals surface area contributed by atoms with Crippen molar-refractivity contribution in [2.24, 2.45) is 0 Å². The molecule has 0 aliphatic heterocycles. The SMILES string of the molecule is CCCNC(=O)CCCNC(=O)OC(C)(C)C. The van der Waals surface area contributed by atoms with Crippen molar-refractivity contribution in [1.29, 1.82) is 0 Å². The lowest BCUT2D eigenvalue weighted by molar-refractivity contribution is -0.121. The number of hydrogen-bond donors (Lipinski definition) is 2. The zero-order chi connectivity index (χ0) is 13.3. The minimum Gasteiger partial charge on any atom is -0.444 e. The number of rotatable bonds is 6. The van der Waals surface area contributed by atoms with E-state index in [1.807, 2.05) is 27.7 Å². The van der Waals surface area contributed by atoms with Crippen LogP contribution in [0.1, 0.15) is 47.0 Å². The molecule has 5 nitrogen and oxygen atoms in total. The van der Waals surface area contributed by atoms with Crippen LogP contribution in [-0.4, -0.2) is 30.7 Å². The van der Waals surface area contributed by atoms with Crippen LogP contribution in [0.2, 0.25) is 0 Å². The second-order valence-electron chi connectivity index (χ2n) is 4.88. The Kier molecular flexibility index (Phi) is 7.34. The molecule has 0 bridgehead atoms. The van der Waals surface area contributed by atoms with Gasteiger partial charge < -0.3 is 15.4 Å². The van der Waals surface area contributed by atoms with E-state index in [0.29, 0.717) is 25.9 Å². The van der Waals surface area contributed by atoms with E-state index in [9.17, 15) is 9.59 Å². The zero-order valence-corrected chi connectivity index (χ0v) is 11.3. The maximum atomic E-state index is 11.2. The van der Waals surface area contributed by atoms with Gasteiger partial charge in [-0.15, -0.1) is 0 Å². The first-order chi connectivity index (χ1) is 7.85. The summed E-state index contributed by atoms with van der Waals surface area (Å²) in [6.07, 6.45) is 1.54. The van der Waals surface area contributed by atoms with Crippen LogP contribution in [0.4, 0.5) is 4.79 Å². The highest BCUT2D eigenvalue weighted by Crippen LogP contribution is 2.06. The molecule has 0 saturated carbocycles. The van der Waals surface area contributed by atoms with Crippen LogP contribution in [0.15, 0.2) is 0 Å². The second kappa shape index (κ2) is 7.92. The molecule has 0 aromatic rings. The van der Waals surface area contributed by atoms with E-state index in [1.165, 1.54) is 0 Å². The molecule has 0 atom stereocenters. The molecule has 0 aromatic heterocycles. The van der Waals surface area contributed by atoms with E-state index in [0.717, 1.165) is 6.42 Å². The summed E-state index contributed by atoms with van der Waals surface area (Å²) in [5.41, 5.74) is -0.484. The Balaban J connectivity index is 3.51. The first kappa shape index (κ1) is 15.7. The van der Waals surface area contributed by atoms with Gasteiger partial charge in [-0.3, -0.25) is 4.79 Å². The molecule has 0 radical (unpaired) electrons. The number of amides is 2.